The fourth-order valence-electron chi connectivity index (χ4n) is 3.90. The lowest BCUT2D eigenvalue weighted by molar-refractivity contribution is -0.137. The highest BCUT2D eigenvalue weighted by atomic mass is 35.5. The lowest BCUT2D eigenvalue weighted by atomic mass is 10.1. The molecule has 2 aromatic rings. The Kier molecular flexibility index (Phi) is 7.06. The van der Waals surface area contributed by atoms with Gasteiger partial charge in [0, 0.05) is 38.8 Å². The summed E-state index contributed by atoms with van der Waals surface area (Å²) in [6.07, 6.45) is -2.09. The van der Waals surface area contributed by atoms with E-state index in [1.165, 1.54) is 12.1 Å². The second-order valence-corrected chi connectivity index (χ2v) is 8.19. The van der Waals surface area contributed by atoms with Crippen LogP contribution in [0.2, 0.25) is 5.02 Å². The van der Waals surface area contributed by atoms with Gasteiger partial charge in [0.1, 0.15) is 5.69 Å². The van der Waals surface area contributed by atoms with Crippen molar-refractivity contribution in [3.63, 3.8) is 0 Å². The number of nitrogens with zero attached hydrogens (tertiary/aromatic N) is 5. The lowest BCUT2D eigenvalue weighted by Crippen LogP contribution is -2.32. The predicted molar refractivity (Wildman–Crippen MR) is 119 cm³/mol. The van der Waals surface area contributed by atoms with Crippen LogP contribution in [0.3, 0.4) is 0 Å². The van der Waals surface area contributed by atoms with E-state index >= 15 is 0 Å². The monoisotopic (exact) mass is 490 g/mol. The molecule has 174 valence electrons. The zero-order valence-electron chi connectivity index (χ0n) is 17.3. The summed E-state index contributed by atoms with van der Waals surface area (Å²) in [4.78, 5) is 26.8. The molecule has 0 spiro atoms. The van der Waals surface area contributed by atoms with Crippen LogP contribution < -0.4 is 15.5 Å². The molecule has 2 fully saturated rings. The van der Waals surface area contributed by atoms with Gasteiger partial charge in [-0.3, -0.25) is 4.90 Å². The van der Waals surface area contributed by atoms with Crippen molar-refractivity contribution in [3.05, 3.63) is 35.0 Å². The molecule has 1 unspecified atom stereocenters. The highest BCUT2D eigenvalue weighted by Crippen LogP contribution is 2.38. The average molecular weight is 491 g/mol. The molecule has 1 aromatic heterocycles. The molecule has 2 aliphatic heterocycles. The Labute approximate surface area is 194 Å². The van der Waals surface area contributed by atoms with Crippen molar-refractivity contribution >= 4 is 41.5 Å². The van der Waals surface area contributed by atoms with Gasteiger partial charge in [-0.25, -0.2) is 14.8 Å². The van der Waals surface area contributed by atoms with Gasteiger partial charge in [-0.05, 0) is 31.0 Å². The zero-order chi connectivity index (χ0) is 22.3. The molecule has 2 saturated heterocycles. The summed E-state index contributed by atoms with van der Waals surface area (Å²) in [7, 11) is 1.72. The third-order valence-electron chi connectivity index (χ3n) is 5.71. The first-order chi connectivity index (χ1) is 14.7. The van der Waals surface area contributed by atoms with Crippen molar-refractivity contribution in [2.75, 3.05) is 49.6 Å². The Bertz CT molecular complexity index is 1010. The van der Waals surface area contributed by atoms with Crippen molar-refractivity contribution in [1.29, 1.82) is 0 Å². The van der Waals surface area contributed by atoms with Crippen LogP contribution in [0.15, 0.2) is 24.4 Å². The molecule has 0 aliphatic carbocycles. The van der Waals surface area contributed by atoms with E-state index in [2.05, 4.69) is 14.9 Å². The molecular formula is C20H23Cl2F3N6O. The number of hydrogen-bond acceptors (Lipinski definition) is 5. The summed E-state index contributed by atoms with van der Waals surface area (Å²) in [5.74, 6) is 1.12. The topological polar surface area (TPSA) is 78.6 Å². The molecule has 1 aromatic carbocycles. The summed E-state index contributed by atoms with van der Waals surface area (Å²) >= 11 is 5.88. The Morgan fingerprint density at radius 1 is 1.25 bits per heavy atom. The number of aromatic nitrogens is 2. The number of amides is 2. The van der Waals surface area contributed by atoms with Gasteiger partial charge in [-0.1, -0.05) is 17.7 Å². The first-order valence-corrected chi connectivity index (χ1v) is 10.3. The smallest absolute Gasteiger partial charge is 0.354 e. The number of nitrogens with two attached hydrogens (primary N) is 1. The zero-order valence-corrected chi connectivity index (χ0v) is 18.8. The van der Waals surface area contributed by atoms with E-state index in [4.69, 9.17) is 17.3 Å². The molecule has 3 heterocycles. The maximum atomic E-state index is 13.0. The van der Waals surface area contributed by atoms with Crippen molar-refractivity contribution < 1.29 is 18.0 Å². The second kappa shape index (κ2) is 9.29. The van der Waals surface area contributed by atoms with Crippen LogP contribution in [0, 0.1) is 5.92 Å². The van der Waals surface area contributed by atoms with Crippen LogP contribution in [0.1, 0.15) is 12.0 Å². The predicted octanol–water partition coefficient (Wildman–Crippen LogP) is 3.89. The van der Waals surface area contributed by atoms with E-state index in [0.717, 1.165) is 19.0 Å². The number of anilines is 2. The molecule has 1 atom stereocenters. The number of carbonyl (C=O) groups excluding carboxylic acids is 1. The SMILES string of the molecule is CN1CCN(c2cnc(-c3ccc(C(F)(F)F)c(Cl)c3)nc2N2CCC(CN)C2)C1=O.Cl. The van der Waals surface area contributed by atoms with Gasteiger partial charge in [-0.2, -0.15) is 13.2 Å². The second-order valence-electron chi connectivity index (χ2n) is 7.79. The minimum atomic E-state index is -4.54. The quantitative estimate of drug-likeness (QED) is 0.702. The van der Waals surface area contributed by atoms with Gasteiger partial charge in [0.05, 0.1) is 16.8 Å². The van der Waals surface area contributed by atoms with E-state index in [1.54, 1.807) is 23.0 Å². The summed E-state index contributed by atoms with van der Waals surface area (Å²) in [5, 5.41) is -0.417. The maximum Gasteiger partial charge on any atom is 0.417 e. The standard InChI is InChI=1S/C20H22ClF3N6O.ClH/c1-28-6-7-30(19(28)31)16-10-26-17(27-18(16)29-5-4-12(9-25)11-29)13-2-3-14(15(21)8-13)20(22,23)24;/h2-3,8,10,12H,4-7,9,11,25H2,1H3;1H. The normalized spacial score (nSPS) is 19.0. The third kappa shape index (κ3) is 4.57. The molecule has 32 heavy (non-hydrogen) atoms. The molecule has 2 aliphatic rings. The van der Waals surface area contributed by atoms with Crippen molar-refractivity contribution in [2.24, 2.45) is 11.7 Å². The van der Waals surface area contributed by atoms with Crippen LogP contribution in [0.5, 0.6) is 0 Å². The van der Waals surface area contributed by atoms with Crippen LogP contribution in [-0.2, 0) is 6.18 Å². The maximum absolute atomic E-state index is 13.0. The summed E-state index contributed by atoms with van der Waals surface area (Å²) < 4.78 is 39.1. The average Bonchev–Trinajstić information content (AvgIpc) is 3.34. The number of carbonyl (C=O) groups is 1. The van der Waals surface area contributed by atoms with Crippen molar-refractivity contribution in [3.8, 4) is 11.4 Å². The van der Waals surface area contributed by atoms with Crippen LogP contribution in [-0.4, -0.2) is 60.7 Å². The van der Waals surface area contributed by atoms with E-state index in [0.29, 0.717) is 49.2 Å². The summed E-state index contributed by atoms with van der Waals surface area (Å²) in [6.45, 7) is 3.04. The van der Waals surface area contributed by atoms with E-state index in [-0.39, 0.29) is 24.3 Å². The number of likely N-dealkylation sites (N-methyl/N-ethyl adjacent to an activating group) is 1. The molecule has 2 amide bonds. The third-order valence-corrected chi connectivity index (χ3v) is 6.02. The van der Waals surface area contributed by atoms with Gasteiger partial charge in [0.25, 0.3) is 0 Å². The number of hydrogen-bond donors (Lipinski definition) is 1. The number of halogens is 5. The molecule has 0 radical (unpaired) electrons. The number of urea groups is 1. The van der Waals surface area contributed by atoms with Gasteiger partial charge in [0.2, 0.25) is 0 Å². The molecule has 7 nitrogen and oxygen atoms in total. The van der Waals surface area contributed by atoms with Crippen LogP contribution in [0.25, 0.3) is 11.4 Å². The minimum Gasteiger partial charge on any atom is -0.354 e. The van der Waals surface area contributed by atoms with Crippen LogP contribution >= 0.6 is 24.0 Å². The minimum absolute atomic E-state index is 0. The first kappa shape index (κ1) is 24.3. The Morgan fingerprint density at radius 3 is 2.56 bits per heavy atom. The van der Waals surface area contributed by atoms with Gasteiger partial charge >= 0.3 is 12.2 Å². The van der Waals surface area contributed by atoms with Gasteiger partial charge in [-0.15, -0.1) is 12.4 Å². The van der Waals surface area contributed by atoms with Crippen molar-refractivity contribution in [2.45, 2.75) is 12.6 Å². The molecular weight excluding hydrogens is 468 g/mol. The highest BCUT2D eigenvalue weighted by Gasteiger charge is 2.34. The van der Waals surface area contributed by atoms with Crippen molar-refractivity contribution in [1.82, 2.24) is 14.9 Å². The number of benzene rings is 1. The Morgan fingerprint density at radius 2 is 2.00 bits per heavy atom. The lowest BCUT2D eigenvalue weighted by Gasteiger charge is -2.25. The van der Waals surface area contributed by atoms with Crippen LogP contribution in [0.4, 0.5) is 29.5 Å². The molecule has 0 saturated carbocycles. The molecule has 12 heteroatoms. The highest BCUT2D eigenvalue weighted by molar-refractivity contribution is 6.31. The fourth-order valence-corrected chi connectivity index (χ4v) is 4.19. The molecule has 0 bridgehead atoms. The van der Waals surface area contributed by atoms with E-state index in [1.807, 2.05) is 0 Å². The first-order valence-electron chi connectivity index (χ1n) is 9.91. The number of alkyl halides is 3. The van der Waals surface area contributed by atoms with Gasteiger partial charge in [0.15, 0.2) is 11.6 Å². The van der Waals surface area contributed by atoms with Gasteiger partial charge < -0.3 is 15.5 Å². The number of rotatable bonds is 4. The Hall–Kier alpha value is -2.30. The largest absolute Gasteiger partial charge is 0.417 e. The fraction of sp³-hybridized carbons (Fsp3) is 0.450. The molecule has 2 N–H and O–H groups in total. The molecule has 4 rings (SSSR count). The van der Waals surface area contributed by atoms with E-state index in [9.17, 15) is 18.0 Å². The van der Waals surface area contributed by atoms with E-state index < -0.39 is 16.8 Å². The Balaban J connectivity index is 0.00000289. The summed E-state index contributed by atoms with van der Waals surface area (Å²) in [6, 6.07) is 3.29. The summed E-state index contributed by atoms with van der Waals surface area (Å²) in [5.41, 5.74) is 5.86.